The van der Waals surface area contributed by atoms with Crippen molar-refractivity contribution in [2.75, 3.05) is 11.9 Å². The Kier molecular flexibility index (Phi) is 4.65. The Bertz CT molecular complexity index is 470. The van der Waals surface area contributed by atoms with Gasteiger partial charge in [0.2, 0.25) is 5.95 Å². The molecule has 0 saturated heterocycles. The lowest BCUT2D eigenvalue weighted by Crippen LogP contribution is -2.45. The van der Waals surface area contributed by atoms with Gasteiger partial charge < -0.3 is 15.3 Å². The molecule has 0 aliphatic carbocycles. The molecule has 0 spiro atoms. The highest BCUT2D eigenvalue weighted by Gasteiger charge is 2.30. The third kappa shape index (κ3) is 2.80. The van der Waals surface area contributed by atoms with E-state index in [1.165, 1.54) is 6.34 Å². The van der Waals surface area contributed by atoms with Crippen LogP contribution in [-0.2, 0) is 0 Å². The fourth-order valence-corrected chi connectivity index (χ4v) is 2.68. The molecule has 2 unspecified atom stereocenters. The van der Waals surface area contributed by atoms with Crippen LogP contribution in [0.3, 0.4) is 0 Å². The van der Waals surface area contributed by atoms with Crippen LogP contribution in [-0.4, -0.2) is 38.6 Å². The summed E-state index contributed by atoms with van der Waals surface area (Å²) in [6.07, 6.45) is 4.66. The van der Waals surface area contributed by atoms with Gasteiger partial charge in [-0.3, -0.25) is 9.98 Å². The number of hydrogen-bond acceptors (Lipinski definition) is 4. The van der Waals surface area contributed by atoms with E-state index in [2.05, 4.69) is 17.2 Å². The highest BCUT2D eigenvalue weighted by atomic mass is 16.3. The number of nitrogens with zero attached hydrogens (tertiary/aromatic N) is 3. The van der Waals surface area contributed by atoms with Gasteiger partial charge in [-0.05, 0) is 20.3 Å². The monoisotopic (exact) mass is 279 g/mol. The number of imidazole rings is 1. The van der Waals surface area contributed by atoms with E-state index in [0.29, 0.717) is 12.4 Å². The van der Waals surface area contributed by atoms with Crippen LogP contribution in [0.5, 0.6) is 0 Å². The minimum atomic E-state index is -0.578. The normalized spacial score (nSPS) is 21.2. The minimum Gasteiger partial charge on any atom is -0.373 e. The molecular weight excluding hydrogens is 254 g/mol. The molecule has 6 heteroatoms. The zero-order chi connectivity index (χ0) is 14.7. The third-order valence-electron chi connectivity index (χ3n) is 4.00. The third-order valence-corrected chi connectivity index (χ3v) is 4.00. The van der Waals surface area contributed by atoms with Crippen LogP contribution in [0.25, 0.3) is 0 Å². The zero-order valence-corrected chi connectivity index (χ0v) is 12.6. The van der Waals surface area contributed by atoms with E-state index in [0.717, 1.165) is 37.2 Å². The van der Waals surface area contributed by atoms with Crippen LogP contribution in [0.15, 0.2) is 0 Å². The van der Waals surface area contributed by atoms with Crippen LogP contribution in [0.4, 0.5) is 5.95 Å². The van der Waals surface area contributed by atoms with Crippen molar-refractivity contribution in [1.82, 2.24) is 14.5 Å². The molecule has 0 saturated carbocycles. The van der Waals surface area contributed by atoms with E-state index in [-0.39, 0.29) is 6.17 Å². The SMILES string of the molecule is CCCCCN(C=N)C1CC(O)n2c(nc(C)c2C)N1. The van der Waals surface area contributed by atoms with Gasteiger partial charge in [0.15, 0.2) is 0 Å². The van der Waals surface area contributed by atoms with Crippen LogP contribution in [0, 0.1) is 19.3 Å². The Morgan fingerprint density at radius 3 is 2.90 bits per heavy atom. The van der Waals surface area contributed by atoms with Crippen LogP contribution >= 0.6 is 0 Å². The molecule has 1 aromatic heterocycles. The van der Waals surface area contributed by atoms with Crippen molar-refractivity contribution in [2.45, 2.75) is 58.8 Å². The van der Waals surface area contributed by atoms with Crippen molar-refractivity contribution in [3.63, 3.8) is 0 Å². The van der Waals surface area contributed by atoms with Gasteiger partial charge >= 0.3 is 0 Å². The molecule has 0 radical (unpaired) electrons. The molecule has 112 valence electrons. The summed E-state index contributed by atoms with van der Waals surface area (Å²) in [7, 11) is 0. The quantitative estimate of drug-likeness (QED) is 0.424. The second kappa shape index (κ2) is 6.26. The number of aryl methyl sites for hydroxylation is 1. The molecule has 0 bridgehead atoms. The molecule has 2 rings (SSSR count). The average Bonchev–Trinajstić information content (AvgIpc) is 2.70. The molecule has 0 fully saturated rings. The van der Waals surface area contributed by atoms with Crippen molar-refractivity contribution >= 4 is 12.3 Å². The first-order valence-electron chi connectivity index (χ1n) is 7.34. The van der Waals surface area contributed by atoms with E-state index in [1.54, 1.807) is 0 Å². The first-order valence-corrected chi connectivity index (χ1v) is 7.34. The molecule has 0 amide bonds. The number of anilines is 1. The average molecular weight is 279 g/mol. The maximum atomic E-state index is 10.3. The van der Waals surface area contributed by atoms with Gasteiger partial charge in [0.1, 0.15) is 12.4 Å². The molecule has 20 heavy (non-hydrogen) atoms. The molecule has 2 atom stereocenters. The van der Waals surface area contributed by atoms with Gasteiger partial charge in [-0.2, -0.15) is 0 Å². The summed E-state index contributed by atoms with van der Waals surface area (Å²) in [5, 5.41) is 21.2. The maximum Gasteiger partial charge on any atom is 0.207 e. The number of aliphatic hydroxyl groups excluding tert-OH is 1. The van der Waals surface area contributed by atoms with Crippen LogP contribution in [0.1, 0.15) is 50.2 Å². The molecule has 1 aliphatic rings. The Hall–Kier alpha value is -1.56. The molecule has 6 nitrogen and oxygen atoms in total. The Morgan fingerprint density at radius 2 is 2.25 bits per heavy atom. The second-order valence-electron chi connectivity index (χ2n) is 5.43. The number of rotatable bonds is 6. The summed E-state index contributed by atoms with van der Waals surface area (Å²) >= 11 is 0. The van der Waals surface area contributed by atoms with Crippen molar-refractivity contribution in [1.29, 1.82) is 5.41 Å². The van der Waals surface area contributed by atoms with Gasteiger partial charge in [0, 0.05) is 18.7 Å². The maximum absolute atomic E-state index is 10.3. The predicted molar refractivity (Wildman–Crippen MR) is 80.0 cm³/mol. The van der Waals surface area contributed by atoms with Crippen molar-refractivity contribution in [2.24, 2.45) is 0 Å². The first kappa shape index (κ1) is 14.8. The van der Waals surface area contributed by atoms with Gasteiger partial charge in [0.25, 0.3) is 0 Å². The highest BCUT2D eigenvalue weighted by Crippen LogP contribution is 2.29. The Morgan fingerprint density at radius 1 is 1.50 bits per heavy atom. The molecule has 1 aliphatic heterocycles. The van der Waals surface area contributed by atoms with E-state index >= 15 is 0 Å². The van der Waals surface area contributed by atoms with Gasteiger partial charge in [0.05, 0.1) is 12.0 Å². The van der Waals surface area contributed by atoms with Crippen LogP contribution < -0.4 is 5.32 Å². The summed E-state index contributed by atoms with van der Waals surface area (Å²) in [5.74, 6) is 0.700. The molecule has 3 N–H and O–H groups in total. The van der Waals surface area contributed by atoms with Crippen molar-refractivity contribution < 1.29 is 5.11 Å². The fraction of sp³-hybridized carbons (Fsp3) is 0.714. The van der Waals surface area contributed by atoms with Crippen molar-refractivity contribution in [3.05, 3.63) is 11.4 Å². The predicted octanol–water partition coefficient (Wildman–Crippen LogP) is 2.23. The Labute approximate surface area is 120 Å². The largest absolute Gasteiger partial charge is 0.373 e. The summed E-state index contributed by atoms with van der Waals surface area (Å²) in [6.45, 7) is 6.91. The van der Waals surface area contributed by atoms with E-state index < -0.39 is 6.23 Å². The number of unbranched alkanes of at least 4 members (excludes halogenated alkanes) is 2. The molecule has 0 aromatic carbocycles. The van der Waals surface area contributed by atoms with Gasteiger partial charge in [-0.15, -0.1) is 0 Å². The summed E-state index contributed by atoms with van der Waals surface area (Å²) in [5.41, 5.74) is 1.92. The lowest BCUT2D eigenvalue weighted by molar-refractivity contribution is 0.0629. The number of nitrogens with one attached hydrogen (secondary N) is 2. The summed E-state index contributed by atoms with van der Waals surface area (Å²) in [6, 6.07) is 0. The van der Waals surface area contributed by atoms with Gasteiger partial charge in [-0.25, -0.2) is 4.98 Å². The highest BCUT2D eigenvalue weighted by molar-refractivity contribution is 5.52. The molecule has 2 heterocycles. The van der Waals surface area contributed by atoms with Gasteiger partial charge in [-0.1, -0.05) is 19.8 Å². The zero-order valence-electron chi connectivity index (χ0n) is 12.6. The smallest absolute Gasteiger partial charge is 0.207 e. The molecular formula is C14H25N5O. The second-order valence-corrected chi connectivity index (χ2v) is 5.43. The van der Waals surface area contributed by atoms with E-state index in [4.69, 9.17) is 5.41 Å². The Balaban J connectivity index is 2.10. The minimum absolute atomic E-state index is 0.0620. The van der Waals surface area contributed by atoms with Crippen LogP contribution in [0.2, 0.25) is 0 Å². The number of aliphatic hydroxyl groups is 1. The fourth-order valence-electron chi connectivity index (χ4n) is 2.68. The lowest BCUT2D eigenvalue weighted by Gasteiger charge is -2.36. The standard InChI is InChI=1S/C14H25N5O/c1-4-5-6-7-18(9-15)12-8-13(20)19-11(3)10(2)16-14(19)17-12/h9,12-13,15,20H,4-8H2,1-3H3,(H,16,17). The van der Waals surface area contributed by atoms with E-state index in [1.807, 2.05) is 23.3 Å². The number of fused-ring (bicyclic) bond motifs is 1. The first-order chi connectivity index (χ1) is 9.58. The summed E-state index contributed by atoms with van der Waals surface area (Å²) in [4.78, 5) is 6.40. The lowest BCUT2D eigenvalue weighted by atomic mass is 10.2. The number of aromatic nitrogens is 2. The topological polar surface area (TPSA) is 77.2 Å². The molecule has 1 aromatic rings. The number of hydrogen-bond donors (Lipinski definition) is 3. The van der Waals surface area contributed by atoms with Crippen molar-refractivity contribution in [3.8, 4) is 0 Å². The van der Waals surface area contributed by atoms with E-state index in [9.17, 15) is 5.11 Å². The summed E-state index contributed by atoms with van der Waals surface area (Å²) < 4.78 is 1.83.